The third-order valence-corrected chi connectivity index (χ3v) is 4.36. The summed E-state index contributed by atoms with van der Waals surface area (Å²) in [6.45, 7) is 0.879. The molecule has 2 atom stereocenters. The third-order valence-electron chi connectivity index (χ3n) is 4.36. The minimum atomic E-state index is 0.0836. The van der Waals surface area contributed by atoms with Crippen molar-refractivity contribution in [2.24, 2.45) is 5.92 Å². The SMILES string of the molecule is O=C(c1cccc(O)c1)N1CCC2CCCCC21. The van der Waals surface area contributed by atoms with E-state index in [1.54, 1.807) is 24.3 Å². The maximum atomic E-state index is 12.5. The zero-order valence-corrected chi connectivity index (χ0v) is 10.5. The van der Waals surface area contributed by atoms with Gasteiger partial charge in [0, 0.05) is 18.2 Å². The van der Waals surface area contributed by atoms with Gasteiger partial charge in [-0.2, -0.15) is 0 Å². The summed E-state index contributed by atoms with van der Waals surface area (Å²) in [7, 11) is 0. The fourth-order valence-corrected chi connectivity index (χ4v) is 3.46. The number of carbonyl (C=O) groups excluding carboxylic acids is 1. The number of phenols is 1. The molecule has 2 aliphatic rings. The molecule has 1 aliphatic heterocycles. The number of aromatic hydroxyl groups is 1. The van der Waals surface area contributed by atoms with Crippen molar-refractivity contribution >= 4 is 5.91 Å². The molecule has 1 N–H and O–H groups in total. The number of hydrogen-bond donors (Lipinski definition) is 1. The maximum absolute atomic E-state index is 12.5. The van der Waals surface area contributed by atoms with E-state index in [1.807, 2.05) is 4.90 Å². The van der Waals surface area contributed by atoms with Gasteiger partial charge in [0.05, 0.1) is 0 Å². The van der Waals surface area contributed by atoms with Crippen LogP contribution in [0, 0.1) is 5.92 Å². The minimum Gasteiger partial charge on any atom is -0.508 e. The summed E-state index contributed by atoms with van der Waals surface area (Å²) in [5.74, 6) is 0.959. The van der Waals surface area contributed by atoms with E-state index in [2.05, 4.69) is 0 Å². The van der Waals surface area contributed by atoms with Gasteiger partial charge in [0.2, 0.25) is 0 Å². The van der Waals surface area contributed by atoms with Gasteiger partial charge in [0.15, 0.2) is 0 Å². The van der Waals surface area contributed by atoms with Crippen LogP contribution in [0.5, 0.6) is 5.75 Å². The van der Waals surface area contributed by atoms with Crippen LogP contribution in [0.25, 0.3) is 0 Å². The van der Waals surface area contributed by atoms with Crippen LogP contribution < -0.4 is 0 Å². The van der Waals surface area contributed by atoms with Gasteiger partial charge in [-0.25, -0.2) is 0 Å². The molecule has 3 heteroatoms. The van der Waals surface area contributed by atoms with Crippen LogP contribution in [0.3, 0.4) is 0 Å². The minimum absolute atomic E-state index is 0.0836. The molecular formula is C15H19NO2. The molecule has 3 nitrogen and oxygen atoms in total. The highest BCUT2D eigenvalue weighted by Crippen LogP contribution is 2.36. The van der Waals surface area contributed by atoms with E-state index in [9.17, 15) is 9.90 Å². The van der Waals surface area contributed by atoms with Crippen LogP contribution in [-0.2, 0) is 0 Å². The lowest BCUT2D eigenvalue weighted by Crippen LogP contribution is -2.39. The molecule has 0 radical (unpaired) electrons. The predicted octanol–water partition coefficient (Wildman–Crippen LogP) is 2.80. The second kappa shape index (κ2) is 4.63. The van der Waals surface area contributed by atoms with Crippen LogP contribution >= 0.6 is 0 Å². The van der Waals surface area contributed by atoms with E-state index in [0.29, 0.717) is 17.5 Å². The van der Waals surface area contributed by atoms with Crippen molar-refractivity contribution in [2.75, 3.05) is 6.54 Å². The monoisotopic (exact) mass is 245 g/mol. The van der Waals surface area contributed by atoms with Crippen LogP contribution in [0.15, 0.2) is 24.3 Å². The Morgan fingerprint density at radius 2 is 2.06 bits per heavy atom. The highest BCUT2D eigenvalue weighted by Gasteiger charge is 2.38. The smallest absolute Gasteiger partial charge is 0.254 e. The van der Waals surface area contributed by atoms with E-state index in [4.69, 9.17) is 0 Å². The summed E-state index contributed by atoms with van der Waals surface area (Å²) in [6, 6.07) is 7.13. The van der Waals surface area contributed by atoms with Gasteiger partial charge in [0.1, 0.15) is 5.75 Å². The summed E-state index contributed by atoms with van der Waals surface area (Å²) in [4.78, 5) is 14.5. The number of rotatable bonds is 1. The molecule has 1 aromatic rings. The van der Waals surface area contributed by atoms with Gasteiger partial charge in [-0.15, -0.1) is 0 Å². The molecule has 0 bridgehead atoms. The quantitative estimate of drug-likeness (QED) is 0.826. The molecule has 1 heterocycles. The van der Waals surface area contributed by atoms with E-state index in [1.165, 1.54) is 19.3 Å². The molecule has 3 rings (SSSR count). The molecule has 1 amide bonds. The van der Waals surface area contributed by atoms with Crippen molar-refractivity contribution in [1.82, 2.24) is 4.90 Å². The number of nitrogens with zero attached hydrogens (tertiary/aromatic N) is 1. The molecule has 2 unspecified atom stereocenters. The van der Waals surface area contributed by atoms with Gasteiger partial charge >= 0.3 is 0 Å². The fourth-order valence-electron chi connectivity index (χ4n) is 3.46. The number of amides is 1. The van der Waals surface area contributed by atoms with E-state index in [0.717, 1.165) is 19.4 Å². The Kier molecular flexibility index (Phi) is 2.98. The van der Waals surface area contributed by atoms with Crippen LogP contribution in [-0.4, -0.2) is 28.5 Å². The molecule has 2 fully saturated rings. The van der Waals surface area contributed by atoms with Crippen molar-refractivity contribution in [3.05, 3.63) is 29.8 Å². The molecule has 1 aromatic carbocycles. The third kappa shape index (κ3) is 1.98. The summed E-state index contributed by atoms with van der Waals surface area (Å²) < 4.78 is 0. The lowest BCUT2D eigenvalue weighted by Gasteiger charge is -2.31. The predicted molar refractivity (Wildman–Crippen MR) is 69.5 cm³/mol. The Labute approximate surface area is 107 Å². The highest BCUT2D eigenvalue weighted by atomic mass is 16.3. The van der Waals surface area contributed by atoms with Crippen LogP contribution in [0.4, 0.5) is 0 Å². The van der Waals surface area contributed by atoms with Gasteiger partial charge in [0.25, 0.3) is 5.91 Å². The van der Waals surface area contributed by atoms with Crippen molar-refractivity contribution in [2.45, 2.75) is 38.1 Å². The molecule has 1 aliphatic carbocycles. The molecule has 1 saturated carbocycles. The molecule has 0 aromatic heterocycles. The van der Waals surface area contributed by atoms with Gasteiger partial charge in [-0.1, -0.05) is 18.9 Å². The summed E-state index contributed by atoms with van der Waals surface area (Å²) in [6.07, 6.45) is 6.12. The Hall–Kier alpha value is -1.51. The van der Waals surface area contributed by atoms with Gasteiger partial charge in [-0.05, 0) is 43.4 Å². The average molecular weight is 245 g/mol. The maximum Gasteiger partial charge on any atom is 0.254 e. The van der Waals surface area contributed by atoms with Crippen molar-refractivity contribution in [1.29, 1.82) is 0 Å². The zero-order valence-electron chi connectivity index (χ0n) is 10.5. The number of carbonyl (C=O) groups is 1. The zero-order chi connectivity index (χ0) is 12.5. The van der Waals surface area contributed by atoms with Gasteiger partial charge < -0.3 is 10.0 Å². The van der Waals surface area contributed by atoms with Crippen LogP contribution in [0.1, 0.15) is 42.5 Å². The standard InChI is InChI=1S/C15H19NO2/c17-13-6-3-5-12(10-13)15(18)16-9-8-11-4-1-2-7-14(11)16/h3,5-6,10-11,14,17H,1-2,4,7-9H2. The Bertz CT molecular complexity index is 458. The number of likely N-dealkylation sites (tertiary alicyclic amines) is 1. The topological polar surface area (TPSA) is 40.5 Å². The van der Waals surface area contributed by atoms with Crippen LogP contribution in [0.2, 0.25) is 0 Å². The fraction of sp³-hybridized carbons (Fsp3) is 0.533. The Morgan fingerprint density at radius 1 is 1.22 bits per heavy atom. The number of benzene rings is 1. The number of hydrogen-bond acceptors (Lipinski definition) is 2. The van der Waals surface area contributed by atoms with E-state index in [-0.39, 0.29) is 11.7 Å². The largest absolute Gasteiger partial charge is 0.508 e. The number of phenolic OH excluding ortho intramolecular Hbond substituents is 1. The summed E-state index contributed by atoms with van der Waals surface area (Å²) in [5.41, 5.74) is 0.612. The van der Waals surface area contributed by atoms with Crippen molar-refractivity contribution < 1.29 is 9.90 Å². The molecular weight excluding hydrogens is 226 g/mol. The molecule has 1 saturated heterocycles. The lowest BCUT2D eigenvalue weighted by atomic mass is 9.85. The van der Waals surface area contributed by atoms with Crippen molar-refractivity contribution in [3.63, 3.8) is 0 Å². The second-order valence-corrected chi connectivity index (χ2v) is 5.45. The van der Waals surface area contributed by atoms with E-state index >= 15 is 0 Å². The summed E-state index contributed by atoms with van der Waals surface area (Å²) >= 11 is 0. The van der Waals surface area contributed by atoms with E-state index < -0.39 is 0 Å². The highest BCUT2D eigenvalue weighted by molar-refractivity contribution is 5.95. The van der Waals surface area contributed by atoms with Crippen molar-refractivity contribution in [3.8, 4) is 5.75 Å². The molecule has 96 valence electrons. The first-order valence-electron chi connectivity index (χ1n) is 6.86. The van der Waals surface area contributed by atoms with Gasteiger partial charge in [-0.3, -0.25) is 4.79 Å². The molecule has 18 heavy (non-hydrogen) atoms. The molecule has 0 spiro atoms. The number of fused-ring (bicyclic) bond motifs is 1. The first-order chi connectivity index (χ1) is 8.75. The normalized spacial score (nSPS) is 27.0. The lowest BCUT2D eigenvalue weighted by molar-refractivity contribution is 0.0689. The first kappa shape index (κ1) is 11.6. The average Bonchev–Trinajstić information content (AvgIpc) is 2.82. The Morgan fingerprint density at radius 3 is 2.89 bits per heavy atom. The second-order valence-electron chi connectivity index (χ2n) is 5.45. The summed E-state index contributed by atoms with van der Waals surface area (Å²) in [5, 5.41) is 9.47. The Balaban J connectivity index is 1.80. The first-order valence-corrected chi connectivity index (χ1v) is 6.86.